The average molecular weight is 459 g/mol. The summed E-state index contributed by atoms with van der Waals surface area (Å²) in [5.41, 5.74) is 3.08. The first-order valence-corrected chi connectivity index (χ1v) is 11.9. The van der Waals surface area contributed by atoms with Crippen LogP contribution in [0.4, 0.5) is 5.69 Å². The van der Waals surface area contributed by atoms with Gasteiger partial charge in [0.15, 0.2) is 0 Å². The Morgan fingerprint density at radius 1 is 1.19 bits per heavy atom. The van der Waals surface area contributed by atoms with Crippen LogP contribution in [0, 0.1) is 13.8 Å². The highest BCUT2D eigenvalue weighted by atomic mass is 32.2. The molecule has 0 aliphatic carbocycles. The molecule has 3 N–H and O–H groups in total. The molecule has 0 spiro atoms. The van der Waals surface area contributed by atoms with Crippen LogP contribution in [0.15, 0.2) is 46.1 Å². The Morgan fingerprint density at radius 2 is 1.97 bits per heavy atom. The first-order chi connectivity index (χ1) is 15.2. The number of rotatable bonds is 7. The predicted molar refractivity (Wildman–Crippen MR) is 121 cm³/mol. The number of imidazole rings is 1. The lowest BCUT2D eigenvalue weighted by molar-refractivity contribution is -0.116. The molecule has 2 heterocycles. The van der Waals surface area contributed by atoms with Crippen LogP contribution in [0.25, 0.3) is 11.0 Å². The number of aromatic amines is 2. The van der Waals surface area contributed by atoms with E-state index in [9.17, 15) is 18.0 Å². The minimum atomic E-state index is -4.02. The number of nitrogens with zero attached hydrogens (tertiary/aromatic N) is 1. The molecule has 1 aromatic heterocycles. The lowest BCUT2D eigenvalue weighted by Crippen LogP contribution is -2.42. The largest absolute Gasteiger partial charge is 0.377 e. The number of carbonyl (C=O) groups is 1. The molecule has 32 heavy (non-hydrogen) atoms. The monoisotopic (exact) mass is 458 g/mol. The minimum absolute atomic E-state index is 0.00205. The molecule has 9 nitrogen and oxygen atoms in total. The van der Waals surface area contributed by atoms with Crippen molar-refractivity contribution in [1.82, 2.24) is 14.3 Å². The van der Waals surface area contributed by atoms with Crippen LogP contribution < -0.4 is 11.0 Å². The molecular weight excluding hydrogens is 432 g/mol. The highest BCUT2D eigenvalue weighted by Gasteiger charge is 2.31. The highest BCUT2D eigenvalue weighted by Crippen LogP contribution is 2.23. The van der Waals surface area contributed by atoms with E-state index in [0.717, 1.165) is 28.3 Å². The number of aryl methyl sites for hydroxylation is 1. The summed E-state index contributed by atoms with van der Waals surface area (Å²) >= 11 is 0. The average Bonchev–Trinajstić information content (AvgIpc) is 3.38. The molecule has 1 aliphatic heterocycles. The molecule has 1 fully saturated rings. The van der Waals surface area contributed by atoms with Crippen molar-refractivity contribution in [3.05, 3.63) is 58.0 Å². The molecule has 1 aliphatic rings. The maximum atomic E-state index is 13.5. The fourth-order valence-corrected chi connectivity index (χ4v) is 5.28. The van der Waals surface area contributed by atoms with Crippen molar-refractivity contribution < 1.29 is 17.9 Å². The molecule has 4 rings (SSSR count). The van der Waals surface area contributed by atoms with Crippen LogP contribution in [-0.4, -0.2) is 54.4 Å². The van der Waals surface area contributed by atoms with Crippen molar-refractivity contribution in [3.8, 4) is 0 Å². The van der Waals surface area contributed by atoms with Gasteiger partial charge in [0.05, 0.1) is 28.6 Å². The zero-order chi connectivity index (χ0) is 22.9. The predicted octanol–water partition coefficient (Wildman–Crippen LogP) is 2.28. The van der Waals surface area contributed by atoms with Gasteiger partial charge < -0.3 is 20.0 Å². The molecular formula is C22H26N4O5S. The Morgan fingerprint density at radius 3 is 2.72 bits per heavy atom. The molecule has 1 unspecified atom stereocenters. The van der Waals surface area contributed by atoms with Gasteiger partial charge in [-0.1, -0.05) is 12.1 Å². The quantitative estimate of drug-likeness (QED) is 0.501. The van der Waals surface area contributed by atoms with Crippen LogP contribution in [0.3, 0.4) is 0 Å². The lowest BCUT2D eigenvalue weighted by Gasteiger charge is -2.24. The molecule has 1 saturated heterocycles. The second-order valence-electron chi connectivity index (χ2n) is 8.01. The standard InChI is InChI=1S/C22H26N4O5S/c1-14-5-3-7-18(15(14)2)23-21(27)13-26(12-16-6-4-10-31-16)32(29,30)17-8-9-19-20(11-17)25-22(28)24-19/h3,5,7-9,11,16H,4,6,10,12-13H2,1-2H3,(H,23,27)(H2,24,25,28). The van der Waals surface area contributed by atoms with Gasteiger partial charge in [-0.25, -0.2) is 13.2 Å². The number of carbonyl (C=O) groups excluding carboxylic acids is 1. The van der Waals surface area contributed by atoms with Gasteiger partial charge in [0, 0.05) is 18.8 Å². The first-order valence-electron chi connectivity index (χ1n) is 10.4. The molecule has 2 aromatic carbocycles. The minimum Gasteiger partial charge on any atom is -0.377 e. The number of hydrogen-bond donors (Lipinski definition) is 3. The van der Waals surface area contributed by atoms with Crippen LogP contribution in [0.2, 0.25) is 0 Å². The number of anilines is 1. The van der Waals surface area contributed by atoms with Gasteiger partial charge in [-0.15, -0.1) is 0 Å². The summed E-state index contributed by atoms with van der Waals surface area (Å²) in [5.74, 6) is -0.434. The lowest BCUT2D eigenvalue weighted by atomic mass is 10.1. The Bertz CT molecular complexity index is 1310. The van der Waals surface area contributed by atoms with Gasteiger partial charge in [0.25, 0.3) is 0 Å². The van der Waals surface area contributed by atoms with E-state index in [0.29, 0.717) is 23.3 Å². The zero-order valence-electron chi connectivity index (χ0n) is 18.0. The molecule has 170 valence electrons. The molecule has 3 aromatic rings. The number of ether oxygens (including phenoxy) is 1. The molecule has 0 radical (unpaired) electrons. The zero-order valence-corrected chi connectivity index (χ0v) is 18.8. The highest BCUT2D eigenvalue weighted by molar-refractivity contribution is 7.89. The SMILES string of the molecule is Cc1cccc(NC(=O)CN(CC2CCCO2)S(=O)(=O)c2ccc3[nH]c(=O)[nH]c3c2)c1C. The van der Waals surface area contributed by atoms with Crippen LogP contribution >= 0.6 is 0 Å². The Labute approximate surface area is 185 Å². The van der Waals surface area contributed by atoms with Gasteiger partial charge in [-0.3, -0.25) is 4.79 Å². The van der Waals surface area contributed by atoms with E-state index < -0.39 is 21.6 Å². The van der Waals surface area contributed by atoms with E-state index in [1.807, 2.05) is 26.0 Å². The summed E-state index contributed by atoms with van der Waals surface area (Å²) in [6.07, 6.45) is 1.31. The summed E-state index contributed by atoms with van der Waals surface area (Å²) in [6, 6.07) is 9.92. The van der Waals surface area contributed by atoms with Gasteiger partial charge >= 0.3 is 5.69 Å². The maximum Gasteiger partial charge on any atom is 0.323 e. The number of fused-ring (bicyclic) bond motifs is 1. The summed E-state index contributed by atoms with van der Waals surface area (Å²) in [5, 5.41) is 2.82. The number of sulfonamides is 1. The van der Waals surface area contributed by atoms with Crippen molar-refractivity contribution in [3.63, 3.8) is 0 Å². The summed E-state index contributed by atoms with van der Waals surface area (Å²) in [7, 11) is -4.02. The number of amides is 1. The van der Waals surface area contributed by atoms with E-state index in [-0.39, 0.29) is 24.1 Å². The van der Waals surface area contributed by atoms with Gasteiger partial charge in [0.2, 0.25) is 15.9 Å². The van der Waals surface area contributed by atoms with Crippen molar-refractivity contribution in [2.45, 2.75) is 37.7 Å². The second-order valence-corrected chi connectivity index (χ2v) is 9.95. The van der Waals surface area contributed by atoms with E-state index in [2.05, 4.69) is 15.3 Å². The third-order valence-corrected chi connectivity index (χ3v) is 7.56. The molecule has 1 amide bonds. The fraction of sp³-hybridized carbons (Fsp3) is 0.364. The van der Waals surface area contributed by atoms with Crippen LogP contribution in [0.1, 0.15) is 24.0 Å². The Hall–Kier alpha value is -2.95. The molecule has 1 atom stereocenters. The number of hydrogen-bond acceptors (Lipinski definition) is 5. The normalized spacial score (nSPS) is 16.7. The van der Waals surface area contributed by atoms with E-state index in [1.165, 1.54) is 18.2 Å². The van der Waals surface area contributed by atoms with Crippen molar-refractivity contribution in [1.29, 1.82) is 0 Å². The van der Waals surface area contributed by atoms with Crippen LogP contribution in [0.5, 0.6) is 0 Å². The Balaban J connectivity index is 1.61. The number of benzene rings is 2. The smallest absolute Gasteiger partial charge is 0.323 e. The number of aromatic nitrogens is 2. The molecule has 10 heteroatoms. The number of nitrogens with one attached hydrogen (secondary N) is 3. The van der Waals surface area contributed by atoms with E-state index in [4.69, 9.17) is 4.74 Å². The second kappa shape index (κ2) is 8.89. The summed E-state index contributed by atoms with van der Waals surface area (Å²) in [4.78, 5) is 29.5. The fourth-order valence-electron chi connectivity index (χ4n) is 3.82. The topological polar surface area (TPSA) is 124 Å². The van der Waals surface area contributed by atoms with Crippen molar-refractivity contribution in [2.75, 3.05) is 25.0 Å². The third-order valence-electron chi connectivity index (χ3n) is 5.76. The van der Waals surface area contributed by atoms with Crippen molar-refractivity contribution in [2.24, 2.45) is 0 Å². The Kier molecular flexibility index (Phi) is 6.18. The van der Waals surface area contributed by atoms with Crippen LogP contribution in [-0.2, 0) is 19.6 Å². The summed E-state index contributed by atoms with van der Waals surface area (Å²) < 4.78 is 33.7. The van der Waals surface area contributed by atoms with Gasteiger partial charge in [-0.05, 0) is 62.1 Å². The first kappa shape index (κ1) is 22.3. The third kappa shape index (κ3) is 4.62. The summed E-state index contributed by atoms with van der Waals surface area (Å²) in [6.45, 7) is 4.14. The number of H-pyrrole nitrogens is 2. The van der Waals surface area contributed by atoms with E-state index in [1.54, 1.807) is 6.07 Å². The molecule has 0 bridgehead atoms. The maximum absolute atomic E-state index is 13.5. The van der Waals surface area contributed by atoms with Gasteiger partial charge in [-0.2, -0.15) is 4.31 Å². The van der Waals surface area contributed by atoms with Crippen molar-refractivity contribution >= 4 is 32.7 Å². The van der Waals surface area contributed by atoms with Gasteiger partial charge in [0.1, 0.15) is 0 Å². The molecule has 0 saturated carbocycles. The van der Waals surface area contributed by atoms with E-state index >= 15 is 0 Å².